The number of benzene rings is 1. The zero-order valence-electron chi connectivity index (χ0n) is 13.5. The molecule has 5 nitrogen and oxygen atoms in total. The molecule has 0 atom stereocenters. The van der Waals surface area contributed by atoms with E-state index in [0.29, 0.717) is 29.2 Å². The van der Waals surface area contributed by atoms with Gasteiger partial charge in [-0.15, -0.1) is 0 Å². The van der Waals surface area contributed by atoms with Crippen molar-refractivity contribution in [1.82, 2.24) is 4.31 Å². The molecule has 0 saturated heterocycles. The van der Waals surface area contributed by atoms with Gasteiger partial charge in [-0.05, 0) is 52.7 Å². The lowest BCUT2D eigenvalue weighted by Gasteiger charge is -2.20. The highest BCUT2D eigenvalue weighted by atomic mass is 79.9. The average Bonchev–Trinajstić information content (AvgIpc) is 2.93. The molecule has 0 spiro atoms. The lowest BCUT2D eigenvalue weighted by molar-refractivity contribution is 0.445. The van der Waals surface area contributed by atoms with Gasteiger partial charge in [-0.3, -0.25) is 0 Å². The molecule has 0 aliphatic carbocycles. The molecule has 1 aromatic heterocycles. The van der Waals surface area contributed by atoms with Crippen molar-refractivity contribution in [3.63, 3.8) is 0 Å². The Bertz CT molecular complexity index is 767. The maximum Gasteiger partial charge on any atom is 0.243 e. The van der Waals surface area contributed by atoms with Crippen molar-refractivity contribution >= 4 is 31.6 Å². The number of anilines is 1. The summed E-state index contributed by atoms with van der Waals surface area (Å²) in [5.74, 6) is 0.769. The predicted molar refractivity (Wildman–Crippen MR) is 95.0 cm³/mol. The third-order valence-corrected chi connectivity index (χ3v) is 6.23. The monoisotopic (exact) mass is 400 g/mol. The van der Waals surface area contributed by atoms with E-state index < -0.39 is 10.0 Å². The molecule has 0 bridgehead atoms. The molecule has 126 valence electrons. The molecule has 2 rings (SSSR count). The van der Waals surface area contributed by atoms with Crippen LogP contribution < -0.4 is 5.32 Å². The van der Waals surface area contributed by atoms with Gasteiger partial charge in [0.1, 0.15) is 5.76 Å². The lowest BCUT2D eigenvalue weighted by Crippen LogP contribution is -2.31. The Morgan fingerprint density at radius 1 is 1.17 bits per heavy atom. The van der Waals surface area contributed by atoms with Gasteiger partial charge < -0.3 is 9.73 Å². The zero-order chi connectivity index (χ0) is 17.0. The first kappa shape index (κ1) is 18.0. The highest BCUT2D eigenvalue weighted by Gasteiger charge is 2.23. The number of aryl methyl sites for hydroxylation is 1. The molecule has 0 fully saturated rings. The van der Waals surface area contributed by atoms with Crippen LogP contribution in [0.4, 0.5) is 5.69 Å². The van der Waals surface area contributed by atoms with Crippen LogP contribution in [0.5, 0.6) is 0 Å². The molecule has 0 amide bonds. The predicted octanol–water partition coefficient (Wildman–Crippen LogP) is 3.99. The Labute approximate surface area is 145 Å². The number of nitrogens with one attached hydrogen (secondary N) is 1. The van der Waals surface area contributed by atoms with Gasteiger partial charge in [0.25, 0.3) is 0 Å². The minimum Gasteiger partial charge on any atom is -0.452 e. The second-order valence-electron chi connectivity index (χ2n) is 5.13. The summed E-state index contributed by atoms with van der Waals surface area (Å²) in [5, 5.41) is 3.19. The number of halogens is 1. The SMILES string of the molecule is CCN(CC)S(=O)(=O)c1cc(NCc2ccc(Br)o2)ccc1C. The fourth-order valence-corrected chi connectivity index (χ4v) is 4.38. The quantitative estimate of drug-likeness (QED) is 0.762. The molecule has 7 heteroatoms. The van der Waals surface area contributed by atoms with Crippen molar-refractivity contribution in [2.24, 2.45) is 0 Å². The summed E-state index contributed by atoms with van der Waals surface area (Å²) < 4.78 is 33.0. The molecule has 23 heavy (non-hydrogen) atoms. The van der Waals surface area contributed by atoms with E-state index in [-0.39, 0.29) is 0 Å². The van der Waals surface area contributed by atoms with Gasteiger partial charge in [0.2, 0.25) is 10.0 Å². The molecule has 0 aliphatic heterocycles. The molecule has 0 aliphatic rings. The van der Waals surface area contributed by atoms with Crippen molar-refractivity contribution in [3.8, 4) is 0 Å². The van der Waals surface area contributed by atoms with Crippen LogP contribution in [0.15, 0.2) is 44.3 Å². The highest BCUT2D eigenvalue weighted by Crippen LogP contribution is 2.24. The molecule has 1 heterocycles. The first-order chi connectivity index (χ1) is 10.9. The molecule has 2 aromatic rings. The Hall–Kier alpha value is -1.31. The number of sulfonamides is 1. The van der Waals surface area contributed by atoms with Crippen LogP contribution >= 0.6 is 15.9 Å². The molecule has 1 N–H and O–H groups in total. The first-order valence-electron chi connectivity index (χ1n) is 7.47. The van der Waals surface area contributed by atoms with Crippen LogP contribution in [-0.2, 0) is 16.6 Å². The minimum absolute atomic E-state index is 0.340. The average molecular weight is 401 g/mol. The largest absolute Gasteiger partial charge is 0.452 e. The maximum absolute atomic E-state index is 12.7. The van der Waals surface area contributed by atoms with E-state index >= 15 is 0 Å². The number of furan rings is 1. The summed E-state index contributed by atoms with van der Waals surface area (Å²) in [6.45, 7) is 6.89. The van der Waals surface area contributed by atoms with Crippen LogP contribution in [0.25, 0.3) is 0 Å². The summed E-state index contributed by atoms with van der Waals surface area (Å²) in [7, 11) is -3.47. The van der Waals surface area contributed by atoms with Crippen LogP contribution in [0.1, 0.15) is 25.2 Å². The van der Waals surface area contributed by atoms with E-state index in [1.807, 2.05) is 45.0 Å². The van der Waals surface area contributed by atoms with Crippen LogP contribution in [0.2, 0.25) is 0 Å². The van der Waals surface area contributed by atoms with Gasteiger partial charge in [-0.25, -0.2) is 8.42 Å². The van der Waals surface area contributed by atoms with Crippen molar-refractivity contribution in [3.05, 3.63) is 46.3 Å². The van der Waals surface area contributed by atoms with Crippen molar-refractivity contribution in [2.75, 3.05) is 18.4 Å². The molecular weight excluding hydrogens is 380 g/mol. The molecule has 0 saturated carbocycles. The summed E-state index contributed by atoms with van der Waals surface area (Å²) in [6, 6.07) is 9.05. The van der Waals surface area contributed by atoms with Gasteiger partial charge >= 0.3 is 0 Å². The molecule has 0 radical (unpaired) electrons. The van der Waals surface area contributed by atoms with E-state index in [4.69, 9.17) is 4.42 Å². The Morgan fingerprint density at radius 3 is 2.43 bits per heavy atom. The zero-order valence-corrected chi connectivity index (χ0v) is 15.9. The number of hydrogen-bond donors (Lipinski definition) is 1. The maximum atomic E-state index is 12.7. The minimum atomic E-state index is -3.47. The number of hydrogen-bond acceptors (Lipinski definition) is 4. The fraction of sp³-hybridized carbons (Fsp3) is 0.375. The normalized spacial score (nSPS) is 11.9. The summed E-state index contributed by atoms with van der Waals surface area (Å²) in [6.07, 6.45) is 0. The summed E-state index contributed by atoms with van der Waals surface area (Å²) in [5.41, 5.74) is 1.48. The van der Waals surface area contributed by atoms with E-state index in [1.165, 1.54) is 4.31 Å². The van der Waals surface area contributed by atoms with E-state index in [0.717, 1.165) is 17.0 Å². The number of nitrogens with zero attached hydrogens (tertiary/aromatic N) is 1. The first-order valence-corrected chi connectivity index (χ1v) is 9.70. The molecule has 1 aromatic carbocycles. The topological polar surface area (TPSA) is 62.6 Å². The fourth-order valence-electron chi connectivity index (χ4n) is 2.33. The molecule has 0 unspecified atom stereocenters. The van der Waals surface area contributed by atoms with Crippen LogP contribution in [0, 0.1) is 6.92 Å². The van der Waals surface area contributed by atoms with Crippen LogP contribution in [-0.4, -0.2) is 25.8 Å². The number of rotatable bonds is 7. The van der Waals surface area contributed by atoms with Crippen molar-refractivity contribution < 1.29 is 12.8 Å². The second kappa shape index (κ2) is 7.51. The second-order valence-corrected chi connectivity index (χ2v) is 7.82. The van der Waals surface area contributed by atoms with Crippen LogP contribution in [0.3, 0.4) is 0 Å². The molecular formula is C16H21BrN2O3S. The lowest BCUT2D eigenvalue weighted by atomic mass is 10.2. The van der Waals surface area contributed by atoms with Gasteiger partial charge in [-0.2, -0.15) is 4.31 Å². The summed E-state index contributed by atoms with van der Waals surface area (Å²) >= 11 is 3.26. The van der Waals surface area contributed by atoms with Crippen molar-refractivity contribution in [2.45, 2.75) is 32.2 Å². The van der Waals surface area contributed by atoms with E-state index in [9.17, 15) is 8.42 Å². The van der Waals surface area contributed by atoms with E-state index in [2.05, 4.69) is 21.2 Å². The standard InChI is InChI=1S/C16H21BrN2O3S/c1-4-19(5-2)23(20,21)15-10-13(7-6-12(15)3)18-11-14-8-9-16(17)22-14/h6-10,18H,4-5,11H2,1-3H3. The van der Waals surface area contributed by atoms with Gasteiger partial charge in [-0.1, -0.05) is 19.9 Å². The summed E-state index contributed by atoms with van der Waals surface area (Å²) in [4.78, 5) is 0.340. The van der Waals surface area contributed by atoms with Crippen molar-refractivity contribution in [1.29, 1.82) is 0 Å². The van der Waals surface area contributed by atoms with Gasteiger partial charge in [0.05, 0.1) is 11.4 Å². The smallest absolute Gasteiger partial charge is 0.243 e. The van der Waals surface area contributed by atoms with Gasteiger partial charge in [0, 0.05) is 18.8 Å². The van der Waals surface area contributed by atoms with E-state index in [1.54, 1.807) is 6.07 Å². The third-order valence-electron chi connectivity index (χ3n) is 3.61. The van der Waals surface area contributed by atoms with Gasteiger partial charge in [0.15, 0.2) is 4.67 Å². The third kappa shape index (κ3) is 4.16. The Morgan fingerprint density at radius 2 is 1.87 bits per heavy atom. The Balaban J connectivity index is 2.25. The highest BCUT2D eigenvalue weighted by molar-refractivity contribution is 9.10. The Kier molecular flexibility index (Phi) is 5.89.